The lowest BCUT2D eigenvalue weighted by Crippen LogP contribution is -2.35. The summed E-state index contributed by atoms with van der Waals surface area (Å²) in [5, 5.41) is 9.52. The molecule has 2 rings (SSSR count). The highest BCUT2D eigenvalue weighted by molar-refractivity contribution is 5.48. The lowest BCUT2D eigenvalue weighted by atomic mass is 9.96. The average molecular weight is 247 g/mol. The average Bonchev–Trinajstić information content (AvgIpc) is 2.40. The first-order valence-electron chi connectivity index (χ1n) is 7.23. The second-order valence-electron chi connectivity index (χ2n) is 5.50. The van der Waals surface area contributed by atoms with Crippen molar-refractivity contribution in [3.63, 3.8) is 0 Å². The van der Waals surface area contributed by atoms with Crippen LogP contribution in [0.3, 0.4) is 0 Å². The van der Waals surface area contributed by atoms with Gasteiger partial charge in [0.2, 0.25) is 0 Å². The standard InChI is InChI=1S/C16H25NO/c1-3-4-13(2)14-5-7-15(8-6-14)17-11-9-16(18)10-12-17/h5-8,13,16,18H,3-4,9-12H2,1-2H3. The van der Waals surface area contributed by atoms with E-state index in [1.807, 2.05) is 0 Å². The van der Waals surface area contributed by atoms with E-state index in [2.05, 4.69) is 43.0 Å². The number of benzene rings is 1. The molecule has 18 heavy (non-hydrogen) atoms. The molecule has 0 saturated carbocycles. The number of nitrogens with zero attached hydrogens (tertiary/aromatic N) is 1. The Kier molecular flexibility index (Phi) is 4.65. The molecule has 0 spiro atoms. The Morgan fingerprint density at radius 1 is 1.22 bits per heavy atom. The molecule has 2 nitrogen and oxygen atoms in total. The maximum atomic E-state index is 9.52. The van der Waals surface area contributed by atoms with Crippen LogP contribution in [0.5, 0.6) is 0 Å². The molecule has 1 aromatic rings. The van der Waals surface area contributed by atoms with Crippen molar-refractivity contribution in [1.82, 2.24) is 0 Å². The van der Waals surface area contributed by atoms with E-state index in [0.29, 0.717) is 5.92 Å². The van der Waals surface area contributed by atoms with E-state index in [4.69, 9.17) is 0 Å². The SMILES string of the molecule is CCCC(C)c1ccc(N2CCC(O)CC2)cc1. The molecule has 0 aliphatic carbocycles. The molecule has 1 aromatic carbocycles. The molecule has 2 heteroatoms. The molecule has 1 heterocycles. The summed E-state index contributed by atoms with van der Waals surface area (Å²) < 4.78 is 0. The van der Waals surface area contributed by atoms with Gasteiger partial charge in [-0.1, -0.05) is 32.4 Å². The highest BCUT2D eigenvalue weighted by atomic mass is 16.3. The maximum Gasteiger partial charge on any atom is 0.0574 e. The lowest BCUT2D eigenvalue weighted by molar-refractivity contribution is 0.145. The monoisotopic (exact) mass is 247 g/mol. The number of rotatable bonds is 4. The second kappa shape index (κ2) is 6.24. The van der Waals surface area contributed by atoms with E-state index in [9.17, 15) is 5.11 Å². The Morgan fingerprint density at radius 3 is 2.39 bits per heavy atom. The summed E-state index contributed by atoms with van der Waals surface area (Å²) >= 11 is 0. The molecule has 0 radical (unpaired) electrons. The summed E-state index contributed by atoms with van der Waals surface area (Å²) in [6.07, 6.45) is 4.20. The third-order valence-corrected chi connectivity index (χ3v) is 4.01. The number of piperidine rings is 1. The molecule has 1 atom stereocenters. The van der Waals surface area contributed by atoms with Crippen LogP contribution in [0.4, 0.5) is 5.69 Å². The van der Waals surface area contributed by atoms with Crippen LogP contribution in [0, 0.1) is 0 Å². The number of aliphatic hydroxyl groups excluding tert-OH is 1. The predicted molar refractivity (Wildman–Crippen MR) is 77.2 cm³/mol. The molecule has 1 saturated heterocycles. The van der Waals surface area contributed by atoms with Crippen molar-refractivity contribution in [1.29, 1.82) is 0 Å². The summed E-state index contributed by atoms with van der Waals surface area (Å²) in [4.78, 5) is 2.38. The zero-order valence-electron chi connectivity index (χ0n) is 11.6. The fourth-order valence-electron chi connectivity index (χ4n) is 2.74. The van der Waals surface area contributed by atoms with Gasteiger partial charge in [-0.05, 0) is 42.9 Å². The zero-order valence-corrected chi connectivity index (χ0v) is 11.6. The Morgan fingerprint density at radius 2 is 1.83 bits per heavy atom. The molecule has 1 aliphatic rings. The largest absolute Gasteiger partial charge is 0.393 e. The highest BCUT2D eigenvalue weighted by Gasteiger charge is 2.17. The van der Waals surface area contributed by atoms with Gasteiger partial charge in [0.1, 0.15) is 0 Å². The van der Waals surface area contributed by atoms with Crippen LogP contribution in [0.25, 0.3) is 0 Å². The van der Waals surface area contributed by atoms with Gasteiger partial charge < -0.3 is 10.0 Å². The van der Waals surface area contributed by atoms with E-state index in [1.54, 1.807) is 0 Å². The van der Waals surface area contributed by atoms with Gasteiger partial charge in [0.05, 0.1) is 6.10 Å². The molecular weight excluding hydrogens is 222 g/mol. The Labute approximate surface area is 111 Å². The fraction of sp³-hybridized carbons (Fsp3) is 0.625. The molecule has 0 amide bonds. The highest BCUT2D eigenvalue weighted by Crippen LogP contribution is 2.25. The topological polar surface area (TPSA) is 23.5 Å². The van der Waals surface area contributed by atoms with Gasteiger partial charge in [-0.3, -0.25) is 0 Å². The smallest absolute Gasteiger partial charge is 0.0574 e. The van der Waals surface area contributed by atoms with Crippen LogP contribution >= 0.6 is 0 Å². The van der Waals surface area contributed by atoms with E-state index in [-0.39, 0.29) is 6.10 Å². The van der Waals surface area contributed by atoms with Crippen LogP contribution in [0.1, 0.15) is 51.0 Å². The number of anilines is 1. The molecule has 0 bridgehead atoms. The third kappa shape index (κ3) is 3.26. The Bertz CT molecular complexity index is 352. The first-order valence-corrected chi connectivity index (χ1v) is 7.23. The number of hydrogen-bond donors (Lipinski definition) is 1. The van der Waals surface area contributed by atoms with E-state index in [0.717, 1.165) is 25.9 Å². The van der Waals surface area contributed by atoms with Crippen molar-refractivity contribution in [3.8, 4) is 0 Å². The maximum absolute atomic E-state index is 9.52. The quantitative estimate of drug-likeness (QED) is 0.879. The van der Waals surface area contributed by atoms with Crippen molar-refractivity contribution in [2.45, 2.75) is 51.6 Å². The normalized spacial score (nSPS) is 18.9. The molecule has 1 fully saturated rings. The van der Waals surface area contributed by atoms with Crippen LogP contribution in [0.15, 0.2) is 24.3 Å². The third-order valence-electron chi connectivity index (χ3n) is 4.01. The molecule has 1 aliphatic heterocycles. The summed E-state index contributed by atoms with van der Waals surface area (Å²) in [7, 11) is 0. The van der Waals surface area contributed by atoms with E-state index in [1.165, 1.54) is 24.1 Å². The predicted octanol–water partition coefficient (Wildman–Crippen LogP) is 3.55. The minimum atomic E-state index is -0.0925. The van der Waals surface area contributed by atoms with Gasteiger partial charge in [-0.2, -0.15) is 0 Å². The number of hydrogen-bond acceptors (Lipinski definition) is 2. The van der Waals surface area contributed by atoms with Crippen molar-refractivity contribution >= 4 is 5.69 Å². The second-order valence-corrected chi connectivity index (χ2v) is 5.50. The number of aliphatic hydroxyl groups is 1. The van der Waals surface area contributed by atoms with Crippen molar-refractivity contribution < 1.29 is 5.11 Å². The summed E-state index contributed by atoms with van der Waals surface area (Å²) in [5.74, 6) is 0.659. The lowest BCUT2D eigenvalue weighted by Gasteiger charge is -2.31. The summed E-state index contributed by atoms with van der Waals surface area (Å²) in [6.45, 7) is 6.50. The first kappa shape index (κ1) is 13.4. The van der Waals surface area contributed by atoms with Gasteiger partial charge in [-0.15, -0.1) is 0 Å². The van der Waals surface area contributed by atoms with Crippen LogP contribution in [0.2, 0.25) is 0 Å². The molecule has 100 valence electrons. The van der Waals surface area contributed by atoms with Crippen LogP contribution in [-0.4, -0.2) is 24.3 Å². The Balaban J connectivity index is 1.99. The van der Waals surface area contributed by atoms with Gasteiger partial charge in [-0.25, -0.2) is 0 Å². The van der Waals surface area contributed by atoms with Gasteiger partial charge in [0, 0.05) is 18.8 Å². The Hall–Kier alpha value is -1.02. The summed E-state index contributed by atoms with van der Waals surface area (Å²) in [5.41, 5.74) is 2.74. The fourth-order valence-corrected chi connectivity index (χ4v) is 2.74. The van der Waals surface area contributed by atoms with Gasteiger partial charge >= 0.3 is 0 Å². The summed E-state index contributed by atoms with van der Waals surface area (Å²) in [6, 6.07) is 9.00. The molecule has 1 unspecified atom stereocenters. The molecule has 0 aromatic heterocycles. The van der Waals surface area contributed by atoms with Crippen LogP contribution < -0.4 is 4.90 Å². The van der Waals surface area contributed by atoms with E-state index < -0.39 is 0 Å². The van der Waals surface area contributed by atoms with Crippen molar-refractivity contribution in [2.75, 3.05) is 18.0 Å². The van der Waals surface area contributed by atoms with E-state index >= 15 is 0 Å². The molecule has 1 N–H and O–H groups in total. The zero-order chi connectivity index (χ0) is 13.0. The van der Waals surface area contributed by atoms with Crippen molar-refractivity contribution in [2.24, 2.45) is 0 Å². The van der Waals surface area contributed by atoms with Gasteiger partial charge in [0.15, 0.2) is 0 Å². The van der Waals surface area contributed by atoms with Crippen LogP contribution in [-0.2, 0) is 0 Å². The minimum absolute atomic E-state index is 0.0925. The minimum Gasteiger partial charge on any atom is -0.393 e. The van der Waals surface area contributed by atoms with Gasteiger partial charge in [0.25, 0.3) is 0 Å². The van der Waals surface area contributed by atoms with Crippen molar-refractivity contribution in [3.05, 3.63) is 29.8 Å². The molecular formula is C16H25NO. The first-order chi connectivity index (χ1) is 8.70.